The zero-order valence-electron chi connectivity index (χ0n) is 14.6. The molecule has 28 heavy (non-hydrogen) atoms. The third kappa shape index (κ3) is 4.03. The van der Waals surface area contributed by atoms with Crippen molar-refractivity contribution in [1.82, 2.24) is 4.98 Å². The van der Waals surface area contributed by atoms with Crippen molar-refractivity contribution < 1.29 is 19.0 Å². The first-order chi connectivity index (χ1) is 13.3. The minimum atomic E-state index is -1.01. The zero-order valence-corrected chi connectivity index (χ0v) is 16.1. The van der Waals surface area contributed by atoms with Crippen molar-refractivity contribution in [2.75, 3.05) is 5.73 Å². The molecule has 3 N–H and O–H groups in total. The monoisotopic (exact) mass is 420 g/mol. The average Bonchev–Trinajstić information content (AvgIpc) is 2.67. The van der Waals surface area contributed by atoms with Gasteiger partial charge in [0.05, 0.1) is 10.6 Å². The molecule has 0 amide bonds. The smallest absolute Gasteiger partial charge is 0.335 e. The van der Waals surface area contributed by atoms with E-state index in [-0.39, 0.29) is 27.2 Å². The number of rotatable bonds is 5. The zero-order chi connectivity index (χ0) is 20.4. The van der Waals surface area contributed by atoms with Crippen LogP contribution in [0.2, 0.25) is 10.0 Å². The summed E-state index contributed by atoms with van der Waals surface area (Å²) < 4.78 is 19.6. The van der Waals surface area contributed by atoms with Crippen LogP contribution in [-0.2, 0) is 0 Å². The van der Waals surface area contributed by atoms with Crippen molar-refractivity contribution in [2.45, 2.75) is 13.0 Å². The number of halogens is 3. The molecular formula is C20H15Cl2FN2O3. The van der Waals surface area contributed by atoms with E-state index < -0.39 is 17.9 Å². The van der Waals surface area contributed by atoms with E-state index in [0.29, 0.717) is 11.1 Å². The van der Waals surface area contributed by atoms with Gasteiger partial charge in [0.2, 0.25) is 0 Å². The number of carbonyl (C=O) groups is 1. The molecule has 0 spiro atoms. The Kier molecular flexibility index (Phi) is 5.72. The van der Waals surface area contributed by atoms with Crippen molar-refractivity contribution in [3.63, 3.8) is 0 Å². The Morgan fingerprint density at radius 2 is 1.86 bits per heavy atom. The summed E-state index contributed by atoms with van der Waals surface area (Å²) in [6.07, 6.45) is 0.856. The lowest BCUT2D eigenvalue weighted by molar-refractivity contribution is 0.0697. The van der Waals surface area contributed by atoms with Gasteiger partial charge in [-0.2, -0.15) is 0 Å². The number of nitrogens with zero attached hydrogens (tertiary/aromatic N) is 1. The molecule has 0 fully saturated rings. The summed E-state index contributed by atoms with van der Waals surface area (Å²) >= 11 is 12.2. The van der Waals surface area contributed by atoms with Gasteiger partial charge in [0.1, 0.15) is 11.9 Å². The van der Waals surface area contributed by atoms with Gasteiger partial charge >= 0.3 is 5.97 Å². The number of aromatic carboxylic acids is 1. The van der Waals surface area contributed by atoms with E-state index >= 15 is 0 Å². The van der Waals surface area contributed by atoms with Crippen molar-refractivity contribution in [3.05, 3.63) is 75.7 Å². The van der Waals surface area contributed by atoms with Crippen molar-refractivity contribution in [3.8, 4) is 16.9 Å². The minimum absolute atomic E-state index is 0.119. The lowest BCUT2D eigenvalue weighted by Gasteiger charge is -2.19. The van der Waals surface area contributed by atoms with E-state index in [2.05, 4.69) is 4.98 Å². The van der Waals surface area contributed by atoms with Crippen LogP contribution in [0.1, 0.15) is 28.9 Å². The lowest BCUT2D eigenvalue weighted by atomic mass is 10.1. The van der Waals surface area contributed by atoms with Crippen LogP contribution in [0.25, 0.3) is 11.1 Å². The molecule has 3 aromatic rings. The van der Waals surface area contributed by atoms with Gasteiger partial charge in [0.25, 0.3) is 0 Å². The molecule has 1 atom stereocenters. The van der Waals surface area contributed by atoms with Gasteiger partial charge in [0.15, 0.2) is 11.6 Å². The highest BCUT2D eigenvalue weighted by molar-refractivity contribution is 6.36. The summed E-state index contributed by atoms with van der Waals surface area (Å²) in [6, 6.07) is 10.5. The van der Waals surface area contributed by atoms with Gasteiger partial charge in [-0.15, -0.1) is 0 Å². The maximum Gasteiger partial charge on any atom is 0.335 e. The van der Waals surface area contributed by atoms with Gasteiger partial charge in [-0.3, -0.25) is 0 Å². The summed E-state index contributed by atoms with van der Waals surface area (Å²) in [6.45, 7) is 1.67. The Bertz CT molecular complexity index is 1040. The second kappa shape index (κ2) is 8.04. The fourth-order valence-corrected chi connectivity index (χ4v) is 3.36. The normalized spacial score (nSPS) is 11.9. The predicted molar refractivity (Wildman–Crippen MR) is 107 cm³/mol. The molecule has 5 nitrogen and oxygen atoms in total. The molecule has 0 aliphatic heterocycles. The molecule has 0 saturated heterocycles. The van der Waals surface area contributed by atoms with Crippen LogP contribution in [-0.4, -0.2) is 16.1 Å². The Labute approximate surface area is 170 Å². The molecule has 0 radical (unpaired) electrons. The van der Waals surface area contributed by atoms with Crippen molar-refractivity contribution in [1.29, 1.82) is 0 Å². The number of nitrogen functional groups attached to an aromatic ring is 1. The van der Waals surface area contributed by atoms with E-state index in [0.717, 1.165) is 5.56 Å². The van der Waals surface area contributed by atoms with Crippen LogP contribution < -0.4 is 10.5 Å². The molecule has 3 rings (SSSR count). The minimum Gasteiger partial charge on any atom is -0.482 e. The number of ether oxygens (including phenoxy) is 1. The molecule has 2 aromatic carbocycles. The Morgan fingerprint density at radius 3 is 2.50 bits per heavy atom. The highest BCUT2D eigenvalue weighted by atomic mass is 35.5. The second-order valence-corrected chi connectivity index (χ2v) is 6.79. The van der Waals surface area contributed by atoms with Crippen LogP contribution >= 0.6 is 23.2 Å². The van der Waals surface area contributed by atoms with Crippen LogP contribution in [0.15, 0.2) is 48.7 Å². The predicted octanol–water partition coefficient (Wildman–Crippen LogP) is 5.61. The number of anilines is 1. The number of carboxylic acids is 1. The van der Waals surface area contributed by atoms with Crippen molar-refractivity contribution in [2.24, 2.45) is 0 Å². The van der Waals surface area contributed by atoms with E-state index in [1.165, 1.54) is 24.3 Å². The SMILES string of the molecule is CC(Oc1cc(-c2ccc(C(=O)O)cc2)cnc1N)c1c(Cl)ccc(F)c1Cl. The van der Waals surface area contributed by atoms with Gasteiger partial charge < -0.3 is 15.6 Å². The third-order valence-corrected chi connectivity index (χ3v) is 4.85. The molecule has 8 heteroatoms. The number of benzene rings is 2. The number of pyridine rings is 1. The fraction of sp³-hybridized carbons (Fsp3) is 0.100. The van der Waals surface area contributed by atoms with Gasteiger partial charge in [-0.25, -0.2) is 14.2 Å². The third-order valence-electron chi connectivity index (χ3n) is 4.14. The summed E-state index contributed by atoms with van der Waals surface area (Å²) in [5.41, 5.74) is 7.79. The Hall–Kier alpha value is -2.83. The highest BCUT2D eigenvalue weighted by Crippen LogP contribution is 2.36. The largest absolute Gasteiger partial charge is 0.482 e. The summed E-state index contributed by atoms with van der Waals surface area (Å²) in [4.78, 5) is 15.1. The van der Waals surface area contributed by atoms with Crippen LogP contribution in [0, 0.1) is 5.82 Å². The van der Waals surface area contributed by atoms with Crippen LogP contribution in [0.3, 0.4) is 0 Å². The molecule has 1 unspecified atom stereocenters. The summed E-state index contributed by atoms with van der Waals surface area (Å²) in [5.74, 6) is -1.20. The van der Waals surface area contributed by atoms with E-state index in [1.54, 1.807) is 31.3 Å². The first kappa shape index (κ1) is 19.9. The topological polar surface area (TPSA) is 85.4 Å². The number of nitrogens with two attached hydrogens (primary N) is 1. The summed E-state index contributed by atoms with van der Waals surface area (Å²) in [5, 5.41) is 9.15. The van der Waals surface area contributed by atoms with E-state index in [1.807, 2.05) is 0 Å². The Balaban J connectivity index is 1.92. The fourth-order valence-electron chi connectivity index (χ4n) is 2.68. The molecule has 1 aromatic heterocycles. The number of hydrogen-bond donors (Lipinski definition) is 2. The first-order valence-corrected chi connectivity index (χ1v) is 8.93. The Morgan fingerprint density at radius 1 is 1.18 bits per heavy atom. The molecular weight excluding hydrogens is 406 g/mol. The lowest BCUT2D eigenvalue weighted by Crippen LogP contribution is -2.08. The number of carboxylic acid groups (broad SMARTS) is 1. The molecule has 0 aliphatic carbocycles. The first-order valence-electron chi connectivity index (χ1n) is 8.17. The van der Waals surface area contributed by atoms with Gasteiger partial charge in [-0.05, 0) is 42.8 Å². The highest BCUT2D eigenvalue weighted by Gasteiger charge is 2.20. The maximum absolute atomic E-state index is 13.8. The second-order valence-electron chi connectivity index (χ2n) is 6.01. The molecule has 0 saturated carbocycles. The molecule has 144 valence electrons. The van der Waals surface area contributed by atoms with E-state index in [9.17, 15) is 9.18 Å². The van der Waals surface area contributed by atoms with Crippen molar-refractivity contribution >= 4 is 35.0 Å². The molecule has 0 bridgehead atoms. The van der Waals surface area contributed by atoms with E-state index in [4.69, 9.17) is 38.8 Å². The van der Waals surface area contributed by atoms with Crippen LogP contribution in [0.5, 0.6) is 5.75 Å². The summed E-state index contributed by atoms with van der Waals surface area (Å²) in [7, 11) is 0. The van der Waals surface area contributed by atoms with Gasteiger partial charge in [0, 0.05) is 22.3 Å². The van der Waals surface area contributed by atoms with Crippen LogP contribution in [0.4, 0.5) is 10.2 Å². The standard InChI is InChI=1S/C20H15Cl2FN2O3/c1-10(17-14(21)6-7-15(23)18(17)22)28-16-8-13(9-25-19(16)24)11-2-4-12(5-3-11)20(26)27/h2-10H,1H3,(H2,24,25)(H,26,27). The average molecular weight is 421 g/mol. The molecule has 1 heterocycles. The number of hydrogen-bond acceptors (Lipinski definition) is 4. The number of aromatic nitrogens is 1. The maximum atomic E-state index is 13.8. The van der Waals surface area contributed by atoms with Gasteiger partial charge in [-0.1, -0.05) is 35.3 Å². The quantitative estimate of drug-likeness (QED) is 0.523. The molecule has 0 aliphatic rings.